The Morgan fingerprint density at radius 1 is 1.55 bits per heavy atom. The first kappa shape index (κ1) is 16.1. The highest BCUT2D eigenvalue weighted by atomic mass is 16.7. The van der Waals surface area contributed by atoms with E-state index in [2.05, 4.69) is 10.4 Å². The molecule has 0 unspecified atom stereocenters. The van der Waals surface area contributed by atoms with E-state index in [4.69, 9.17) is 9.47 Å². The van der Waals surface area contributed by atoms with Crippen LogP contribution in [0.1, 0.15) is 13.3 Å². The molecule has 0 saturated heterocycles. The summed E-state index contributed by atoms with van der Waals surface area (Å²) in [5, 5.41) is 17.0. The lowest BCUT2D eigenvalue weighted by Crippen LogP contribution is -2.45. The molecule has 1 heterocycles. The van der Waals surface area contributed by atoms with Gasteiger partial charge in [-0.3, -0.25) is 19.6 Å². The standard InChI is InChI=1S/C11H18N4O5/c1-4-9(11(19-2)20-3)13-10(16)7-14-6-8(5-12-14)15(17)18/h5-6,9,11H,4,7H2,1-3H3,(H,13,16)/t9-/m0/s1. The van der Waals surface area contributed by atoms with Crippen molar-refractivity contribution in [2.24, 2.45) is 0 Å². The molecule has 0 aromatic carbocycles. The first-order chi connectivity index (χ1) is 9.51. The molecule has 1 aromatic rings. The van der Waals surface area contributed by atoms with Gasteiger partial charge < -0.3 is 14.8 Å². The van der Waals surface area contributed by atoms with Gasteiger partial charge in [-0.2, -0.15) is 5.10 Å². The summed E-state index contributed by atoms with van der Waals surface area (Å²) in [6.45, 7) is 1.78. The van der Waals surface area contributed by atoms with Crippen molar-refractivity contribution < 1.29 is 19.2 Å². The predicted molar refractivity (Wildman–Crippen MR) is 68.9 cm³/mol. The number of nitrogens with zero attached hydrogens (tertiary/aromatic N) is 3. The number of nitrogens with one attached hydrogen (secondary N) is 1. The molecule has 0 bridgehead atoms. The quantitative estimate of drug-likeness (QED) is 0.418. The molecule has 0 spiro atoms. The third-order valence-corrected chi connectivity index (χ3v) is 2.72. The molecule has 112 valence electrons. The van der Waals surface area contributed by atoms with E-state index in [-0.39, 0.29) is 24.2 Å². The highest BCUT2D eigenvalue weighted by molar-refractivity contribution is 5.76. The van der Waals surface area contributed by atoms with Gasteiger partial charge in [-0.1, -0.05) is 6.92 Å². The lowest BCUT2D eigenvalue weighted by molar-refractivity contribution is -0.385. The molecule has 0 radical (unpaired) electrons. The Kier molecular flexibility index (Phi) is 6.07. The van der Waals surface area contributed by atoms with Crippen molar-refractivity contribution in [1.29, 1.82) is 0 Å². The van der Waals surface area contributed by atoms with Gasteiger partial charge in [0.1, 0.15) is 18.9 Å². The second-order valence-corrected chi connectivity index (χ2v) is 4.08. The minimum absolute atomic E-state index is 0.107. The second kappa shape index (κ2) is 7.56. The summed E-state index contributed by atoms with van der Waals surface area (Å²) in [6, 6.07) is -0.303. The van der Waals surface area contributed by atoms with Gasteiger partial charge >= 0.3 is 5.69 Å². The fourth-order valence-corrected chi connectivity index (χ4v) is 1.72. The number of amides is 1. The van der Waals surface area contributed by atoms with E-state index in [0.717, 1.165) is 6.20 Å². The van der Waals surface area contributed by atoms with Crippen molar-refractivity contribution in [1.82, 2.24) is 15.1 Å². The minimum Gasteiger partial charge on any atom is -0.354 e. The number of hydrogen-bond acceptors (Lipinski definition) is 6. The molecule has 1 amide bonds. The van der Waals surface area contributed by atoms with E-state index in [1.54, 1.807) is 0 Å². The Morgan fingerprint density at radius 3 is 2.65 bits per heavy atom. The number of nitro groups is 1. The molecular formula is C11H18N4O5. The second-order valence-electron chi connectivity index (χ2n) is 4.08. The van der Waals surface area contributed by atoms with Gasteiger partial charge in [-0.05, 0) is 6.42 Å². The molecule has 0 aliphatic rings. The van der Waals surface area contributed by atoms with E-state index in [1.165, 1.54) is 25.1 Å². The van der Waals surface area contributed by atoms with Crippen LogP contribution in [0, 0.1) is 10.1 Å². The maximum Gasteiger partial charge on any atom is 0.307 e. The molecule has 1 aromatic heterocycles. The van der Waals surface area contributed by atoms with Crippen LogP contribution in [-0.2, 0) is 20.8 Å². The van der Waals surface area contributed by atoms with Crippen LogP contribution < -0.4 is 5.32 Å². The third-order valence-electron chi connectivity index (χ3n) is 2.72. The molecule has 9 nitrogen and oxygen atoms in total. The van der Waals surface area contributed by atoms with Gasteiger partial charge in [0.05, 0.1) is 11.0 Å². The monoisotopic (exact) mass is 286 g/mol. The Labute approximate surface area is 116 Å². The number of rotatable bonds is 8. The number of aromatic nitrogens is 2. The fraction of sp³-hybridized carbons (Fsp3) is 0.636. The summed E-state index contributed by atoms with van der Waals surface area (Å²) in [4.78, 5) is 21.8. The summed E-state index contributed by atoms with van der Waals surface area (Å²) in [7, 11) is 2.97. The molecule has 1 atom stereocenters. The van der Waals surface area contributed by atoms with E-state index < -0.39 is 11.2 Å². The maximum absolute atomic E-state index is 11.8. The van der Waals surface area contributed by atoms with Crippen LogP contribution in [0.3, 0.4) is 0 Å². The van der Waals surface area contributed by atoms with Crippen LogP contribution in [0.25, 0.3) is 0 Å². The summed E-state index contributed by atoms with van der Waals surface area (Å²) in [5.74, 6) is -0.325. The summed E-state index contributed by atoms with van der Waals surface area (Å²) in [6.07, 6.45) is 2.37. The lowest BCUT2D eigenvalue weighted by atomic mass is 10.2. The zero-order chi connectivity index (χ0) is 15.1. The smallest absolute Gasteiger partial charge is 0.307 e. The summed E-state index contributed by atoms with van der Waals surface area (Å²) < 4.78 is 11.4. The lowest BCUT2D eigenvalue weighted by Gasteiger charge is -2.24. The molecule has 1 N–H and O–H groups in total. The number of ether oxygens (including phenoxy) is 2. The van der Waals surface area contributed by atoms with Crippen LogP contribution in [0.2, 0.25) is 0 Å². The third kappa shape index (κ3) is 4.28. The Morgan fingerprint density at radius 2 is 2.20 bits per heavy atom. The van der Waals surface area contributed by atoms with Gasteiger partial charge in [0.2, 0.25) is 5.91 Å². The topological polar surface area (TPSA) is 109 Å². The van der Waals surface area contributed by atoms with E-state index in [0.29, 0.717) is 6.42 Å². The summed E-state index contributed by atoms with van der Waals surface area (Å²) >= 11 is 0. The van der Waals surface area contributed by atoms with E-state index in [1.807, 2.05) is 6.92 Å². The van der Waals surface area contributed by atoms with Crippen molar-refractivity contribution in [2.45, 2.75) is 32.2 Å². The van der Waals surface area contributed by atoms with Gasteiger partial charge in [0.15, 0.2) is 6.29 Å². The number of methoxy groups -OCH3 is 2. The molecule has 9 heteroatoms. The maximum atomic E-state index is 11.8. The van der Waals surface area contributed by atoms with Crippen molar-refractivity contribution >= 4 is 11.6 Å². The Balaban J connectivity index is 2.59. The number of carbonyl (C=O) groups is 1. The largest absolute Gasteiger partial charge is 0.354 e. The minimum atomic E-state index is -0.567. The SMILES string of the molecule is CC[C@H](NC(=O)Cn1cc([N+](=O)[O-])cn1)C(OC)OC. The molecule has 0 aliphatic carbocycles. The highest BCUT2D eigenvalue weighted by Gasteiger charge is 2.21. The predicted octanol–water partition coefficient (Wildman–Crippen LogP) is 0.305. The number of hydrogen-bond donors (Lipinski definition) is 1. The molecule has 0 aliphatic heterocycles. The normalized spacial score (nSPS) is 12.4. The van der Waals surface area contributed by atoms with Crippen LogP contribution in [-0.4, -0.2) is 47.2 Å². The van der Waals surface area contributed by atoms with E-state index in [9.17, 15) is 14.9 Å². The fourth-order valence-electron chi connectivity index (χ4n) is 1.72. The molecule has 0 fully saturated rings. The highest BCUT2D eigenvalue weighted by Crippen LogP contribution is 2.08. The van der Waals surface area contributed by atoms with E-state index >= 15 is 0 Å². The van der Waals surface area contributed by atoms with Gasteiger partial charge in [-0.15, -0.1) is 0 Å². The Hall–Kier alpha value is -2.00. The Bertz CT molecular complexity index is 457. The van der Waals surface area contributed by atoms with Gasteiger partial charge in [0, 0.05) is 14.2 Å². The van der Waals surface area contributed by atoms with Crippen molar-refractivity contribution in [3.63, 3.8) is 0 Å². The zero-order valence-electron chi connectivity index (χ0n) is 11.6. The van der Waals surface area contributed by atoms with Gasteiger partial charge in [0.25, 0.3) is 0 Å². The van der Waals surface area contributed by atoms with Crippen LogP contribution >= 0.6 is 0 Å². The van der Waals surface area contributed by atoms with Crippen molar-refractivity contribution in [3.05, 3.63) is 22.5 Å². The molecule has 20 heavy (non-hydrogen) atoms. The molecular weight excluding hydrogens is 268 g/mol. The molecule has 1 rings (SSSR count). The molecule has 0 saturated carbocycles. The first-order valence-corrected chi connectivity index (χ1v) is 6.03. The first-order valence-electron chi connectivity index (χ1n) is 6.03. The average molecular weight is 286 g/mol. The van der Waals surface area contributed by atoms with Crippen LogP contribution in [0.5, 0.6) is 0 Å². The van der Waals surface area contributed by atoms with Crippen LogP contribution in [0.4, 0.5) is 5.69 Å². The van der Waals surface area contributed by atoms with Crippen LogP contribution in [0.15, 0.2) is 12.4 Å². The summed E-state index contributed by atoms with van der Waals surface area (Å²) in [5.41, 5.74) is -0.156. The van der Waals surface area contributed by atoms with Crippen molar-refractivity contribution in [2.75, 3.05) is 14.2 Å². The zero-order valence-corrected chi connectivity index (χ0v) is 11.6. The van der Waals surface area contributed by atoms with Crippen molar-refractivity contribution in [3.8, 4) is 0 Å². The van der Waals surface area contributed by atoms with Gasteiger partial charge in [-0.25, -0.2) is 0 Å². The average Bonchev–Trinajstić information content (AvgIpc) is 2.87. The number of carbonyl (C=O) groups excluding carboxylic acids is 1.